The fraction of sp³-hybridized carbons (Fsp3) is 0.174. The highest BCUT2D eigenvalue weighted by molar-refractivity contribution is 5.56. The lowest BCUT2D eigenvalue weighted by molar-refractivity contribution is 0.0139. The van der Waals surface area contributed by atoms with Gasteiger partial charge in [-0.2, -0.15) is 5.26 Å². The van der Waals surface area contributed by atoms with Crippen LogP contribution in [0.1, 0.15) is 23.6 Å². The number of ether oxygens (including phenoxy) is 1. The van der Waals surface area contributed by atoms with Gasteiger partial charge in [0.25, 0.3) is 0 Å². The fourth-order valence-electron chi connectivity index (χ4n) is 3.67. The molecule has 1 unspecified atom stereocenters. The van der Waals surface area contributed by atoms with Crippen molar-refractivity contribution in [1.29, 1.82) is 5.26 Å². The smallest absolute Gasteiger partial charge is 0.168 e. The van der Waals surface area contributed by atoms with Gasteiger partial charge in [-0.15, -0.1) is 0 Å². The quantitative estimate of drug-likeness (QED) is 0.621. The van der Waals surface area contributed by atoms with Crippen LogP contribution in [0, 0.1) is 11.3 Å². The Kier molecular flexibility index (Phi) is 4.70. The molecule has 0 aliphatic heterocycles. The average molecular weight is 327 g/mol. The molecular weight excluding hydrogens is 306 g/mol. The molecule has 3 aromatic rings. The van der Waals surface area contributed by atoms with Gasteiger partial charge in [-0.05, 0) is 23.6 Å². The second-order valence-electron chi connectivity index (χ2n) is 6.20. The molecule has 1 atom stereocenters. The van der Waals surface area contributed by atoms with Crippen LogP contribution in [0.3, 0.4) is 0 Å². The summed E-state index contributed by atoms with van der Waals surface area (Å²) in [6, 6.07) is 32.8. The zero-order chi connectivity index (χ0) is 17.8. The van der Waals surface area contributed by atoms with Gasteiger partial charge in [0.15, 0.2) is 5.60 Å². The SMILES string of the molecule is COC(C)(C#N)C(c1ccccc1)(c1ccccc1)c1ccccc1. The van der Waals surface area contributed by atoms with Crippen LogP contribution in [0.25, 0.3) is 0 Å². The number of hydrogen-bond acceptors (Lipinski definition) is 2. The van der Waals surface area contributed by atoms with Gasteiger partial charge in [0, 0.05) is 7.11 Å². The lowest BCUT2D eigenvalue weighted by Gasteiger charge is -2.45. The van der Waals surface area contributed by atoms with Crippen LogP contribution in [0.15, 0.2) is 91.0 Å². The maximum Gasteiger partial charge on any atom is 0.168 e. The fourth-order valence-corrected chi connectivity index (χ4v) is 3.67. The van der Waals surface area contributed by atoms with Crippen LogP contribution in [-0.2, 0) is 10.2 Å². The molecule has 0 aromatic heterocycles. The highest BCUT2D eigenvalue weighted by Gasteiger charge is 2.53. The zero-order valence-corrected chi connectivity index (χ0v) is 14.5. The van der Waals surface area contributed by atoms with Crippen LogP contribution in [0.5, 0.6) is 0 Å². The third-order valence-corrected chi connectivity index (χ3v) is 4.96. The summed E-state index contributed by atoms with van der Waals surface area (Å²) in [5.74, 6) is 0. The Morgan fingerprint density at radius 1 is 0.680 bits per heavy atom. The minimum absolute atomic E-state index is 0.750. The summed E-state index contributed by atoms with van der Waals surface area (Å²) in [5.41, 5.74) is 1.24. The second-order valence-corrected chi connectivity index (χ2v) is 6.20. The molecule has 3 rings (SSSR count). The van der Waals surface area contributed by atoms with Gasteiger partial charge in [0.05, 0.1) is 11.5 Å². The molecular formula is C23H21NO. The Labute approximate surface area is 149 Å². The maximum absolute atomic E-state index is 10.1. The Balaban J connectivity index is 2.47. The van der Waals surface area contributed by atoms with Gasteiger partial charge in [0.2, 0.25) is 0 Å². The average Bonchev–Trinajstić information content (AvgIpc) is 2.71. The van der Waals surface area contributed by atoms with E-state index >= 15 is 0 Å². The Bertz CT molecular complexity index is 756. The van der Waals surface area contributed by atoms with E-state index in [4.69, 9.17) is 4.74 Å². The number of benzene rings is 3. The van der Waals surface area contributed by atoms with E-state index in [0.717, 1.165) is 16.7 Å². The molecule has 0 amide bonds. The van der Waals surface area contributed by atoms with Gasteiger partial charge >= 0.3 is 0 Å². The number of methoxy groups -OCH3 is 1. The van der Waals surface area contributed by atoms with Crippen molar-refractivity contribution in [2.75, 3.05) is 7.11 Å². The first-order valence-electron chi connectivity index (χ1n) is 8.32. The summed E-state index contributed by atoms with van der Waals surface area (Å²) < 4.78 is 5.85. The number of nitriles is 1. The van der Waals surface area contributed by atoms with Crippen molar-refractivity contribution in [1.82, 2.24) is 0 Å². The Hall–Kier alpha value is -2.89. The summed E-state index contributed by atoms with van der Waals surface area (Å²) in [7, 11) is 1.60. The van der Waals surface area contributed by atoms with E-state index in [1.807, 2.05) is 61.5 Å². The first kappa shape index (κ1) is 17.0. The number of hydrogen-bond donors (Lipinski definition) is 0. The lowest BCUT2D eigenvalue weighted by Crippen LogP contribution is -2.51. The van der Waals surface area contributed by atoms with E-state index in [-0.39, 0.29) is 0 Å². The first-order valence-corrected chi connectivity index (χ1v) is 8.32. The molecule has 25 heavy (non-hydrogen) atoms. The summed E-state index contributed by atoms with van der Waals surface area (Å²) >= 11 is 0. The summed E-state index contributed by atoms with van der Waals surface area (Å²) in [4.78, 5) is 0. The van der Waals surface area contributed by atoms with E-state index in [1.54, 1.807) is 7.11 Å². The number of nitrogens with zero attached hydrogens (tertiary/aromatic N) is 1. The molecule has 0 aliphatic rings. The molecule has 0 heterocycles. The van der Waals surface area contributed by atoms with Crippen molar-refractivity contribution in [3.63, 3.8) is 0 Å². The van der Waals surface area contributed by atoms with Crippen molar-refractivity contribution < 1.29 is 4.74 Å². The first-order chi connectivity index (χ1) is 12.2. The van der Waals surface area contributed by atoms with Crippen LogP contribution >= 0.6 is 0 Å². The summed E-state index contributed by atoms with van der Waals surface area (Å²) in [5, 5.41) is 10.1. The molecule has 3 aromatic carbocycles. The normalized spacial score (nSPS) is 13.6. The molecule has 124 valence electrons. The van der Waals surface area contributed by atoms with E-state index < -0.39 is 11.0 Å². The van der Waals surface area contributed by atoms with Gasteiger partial charge < -0.3 is 4.74 Å². The minimum atomic E-state index is -1.09. The van der Waals surface area contributed by atoms with Crippen molar-refractivity contribution in [3.05, 3.63) is 108 Å². The van der Waals surface area contributed by atoms with E-state index in [1.165, 1.54) is 0 Å². The molecule has 0 saturated carbocycles. The lowest BCUT2D eigenvalue weighted by atomic mass is 9.60. The highest BCUT2D eigenvalue weighted by Crippen LogP contribution is 2.48. The van der Waals surface area contributed by atoms with Gasteiger partial charge in [-0.25, -0.2) is 0 Å². The standard InChI is InChI=1S/C23H21NO/c1-22(18-24,25-2)23(19-12-6-3-7-13-19,20-14-8-4-9-15-20)21-16-10-5-11-17-21/h3-17H,1-2H3. The van der Waals surface area contributed by atoms with Crippen molar-refractivity contribution >= 4 is 0 Å². The Morgan fingerprint density at radius 3 is 1.24 bits per heavy atom. The minimum Gasteiger partial charge on any atom is -0.362 e. The number of rotatable bonds is 5. The zero-order valence-electron chi connectivity index (χ0n) is 14.5. The van der Waals surface area contributed by atoms with Gasteiger partial charge in [-0.1, -0.05) is 91.0 Å². The third kappa shape index (κ3) is 2.63. The monoisotopic (exact) mass is 327 g/mol. The van der Waals surface area contributed by atoms with Crippen LogP contribution in [0.2, 0.25) is 0 Å². The van der Waals surface area contributed by atoms with E-state index in [0.29, 0.717) is 0 Å². The van der Waals surface area contributed by atoms with Crippen molar-refractivity contribution in [2.45, 2.75) is 17.9 Å². The third-order valence-electron chi connectivity index (χ3n) is 4.96. The van der Waals surface area contributed by atoms with Crippen molar-refractivity contribution in [3.8, 4) is 6.07 Å². The Morgan fingerprint density at radius 2 is 1.00 bits per heavy atom. The summed E-state index contributed by atoms with van der Waals surface area (Å²) in [6.45, 7) is 1.86. The molecule has 0 N–H and O–H groups in total. The predicted molar refractivity (Wildman–Crippen MR) is 100 cm³/mol. The second kappa shape index (κ2) is 6.93. The van der Waals surface area contributed by atoms with Crippen molar-refractivity contribution in [2.24, 2.45) is 0 Å². The van der Waals surface area contributed by atoms with Gasteiger partial charge in [-0.3, -0.25) is 0 Å². The van der Waals surface area contributed by atoms with E-state index in [9.17, 15) is 5.26 Å². The van der Waals surface area contributed by atoms with Crippen LogP contribution in [-0.4, -0.2) is 12.7 Å². The molecule has 0 bridgehead atoms. The predicted octanol–water partition coefficient (Wildman–Crippen LogP) is 4.95. The molecule has 0 aliphatic carbocycles. The molecule has 2 heteroatoms. The molecule has 0 spiro atoms. The van der Waals surface area contributed by atoms with Gasteiger partial charge in [0.1, 0.15) is 0 Å². The molecule has 0 radical (unpaired) electrons. The summed E-state index contributed by atoms with van der Waals surface area (Å²) in [6.07, 6.45) is 0. The largest absolute Gasteiger partial charge is 0.362 e. The molecule has 2 nitrogen and oxygen atoms in total. The van der Waals surface area contributed by atoms with Crippen LogP contribution in [0.4, 0.5) is 0 Å². The van der Waals surface area contributed by atoms with E-state index in [2.05, 4.69) is 42.5 Å². The van der Waals surface area contributed by atoms with Crippen LogP contribution < -0.4 is 0 Å². The molecule has 0 fully saturated rings. The highest BCUT2D eigenvalue weighted by atomic mass is 16.5. The maximum atomic E-state index is 10.1. The molecule has 0 saturated heterocycles. The topological polar surface area (TPSA) is 33.0 Å².